The van der Waals surface area contributed by atoms with Gasteiger partial charge in [0, 0.05) is 5.02 Å². The molecule has 0 saturated carbocycles. The summed E-state index contributed by atoms with van der Waals surface area (Å²) in [5.74, 6) is 0.343. The molecule has 0 spiro atoms. The second-order valence-corrected chi connectivity index (χ2v) is 9.01. The minimum Gasteiger partial charge on any atom is -0.491 e. The lowest BCUT2D eigenvalue weighted by atomic mass is 10.1. The van der Waals surface area contributed by atoms with Crippen LogP contribution in [0.3, 0.4) is 0 Å². The smallest absolute Gasteiger partial charge is 0.240 e. The largest absolute Gasteiger partial charge is 0.491 e. The van der Waals surface area contributed by atoms with Crippen LogP contribution in [0.4, 0.5) is 5.69 Å². The number of anilines is 1. The predicted molar refractivity (Wildman–Crippen MR) is 113 cm³/mol. The number of aryl methyl sites for hydroxylation is 3. The van der Waals surface area contributed by atoms with Gasteiger partial charge in [0.25, 0.3) is 0 Å². The van der Waals surface area contributed by atoms with Gasteiger partial charge < -0.3 is 10.1 Å². The van der Waals surface area contributed by atoms with Crippen LogP contribution in [0.2, 0.25) is 5.02 Å². The molecule has 0 aliphatic rings. The topological polar surface area (TPSA) is 75.7 Å². The molecule has 0 bridgehead atoms. The Morgan fingerprint density at radius 1 is 1.11 bits per heavy atom. The quantitative estimate of drug-likeness (QED) is 0.660. The van der Waals surface area contributed by atoms with Crippen LogP contribution in [0.1, 0.15) is 16.7 Å². The lowest BCUT2D eigenvalue weighted by Gasteiger charge is -2.23. The molecular weight excluding hydrogens is 400 g/mol. The van der Waals surface area contributed by atoms with Gasteiger partial charge >= 0.3 is 0 Å². The molecule has 28 heavy (non-hydrogen) atoms. The van der Waals surface area contributed by atoms with E-state index < -0.39 is 15.9 Å². The number of sulfonamides is 1. The highest BCUT2D eigenvalue weighted by molar-refractivity contribution is 7.92. The minimum atomic E-state index is -3.65. The number of hydrogen-bond acceptors (Lipinski definition) is 4. The van der Waals surface area contributed by atoms with Crippen molar-refractivity contribution in [3.8, 4) is 5.75 Å². The van der Waals surface area contributed by atoms with E-state index in [1.54, 1.807) is 19.1 Å². The normalized spacial score (nSPS) is 11.2. The molecule has 1 N–H and O–H groups in total. The molecule has 1 amide bonds. The molecule has 6 nitrogen and oxygen atoms in total. The molecule has 2 aromatic carbocycles. The first-order chi connectivity index (χ1) is 13.1. The number of carbonyl (C=O) groups is 1. The number of rotatable bonds is 8. The Kier molecular flexibility index (Phi) is 7.32. The fourth-order valence-corrected chi connectivity index (χ4v) is 3.70. The van der Waals surface area contributed by atoms with Gasteiger partial charge in [-0.1, -0.05) is 29.8 Å². The number of halogens is 1. The Bertz CT molecular complexity index is 961. The molecule has 0 heterocycles. The lowest BCUT2D eigenvalue weighted by molar-refractivity contribution is -0.119. The number of benzene rings is 2. The number of ether oxygens (including phenoxy) is 1. The molecular formula is C20H25ClN2O4S. The second kappa shape index (κ2) is 9.30. The van der Waals surface area contributed by atoms with Crippen molar-refractivity contribution in [2.24, 2.45) is 0 Å². The molecule has 0 aromatic heterocycles. The average Bonchev–Trinajstić information content (AvgIpc) is 2.61. The van der Waals surface area contributed by atoms with Gasteiger partial charge in [0.1, 0.15) is 18.9 Å². The molecule has 0 fully saturated rings. The van der Waals surface area contributed by atoms with Gasteiger partial charge in [-0.15, -0.1) is 0 Å². The maximum atomic E-state index is 12.3. The zero-order valence-electron chi connectivity index (χ0n) is 16.5. The summed E-state index contributed by atoms with van der Waals surface area (Å²) in [6, 6.07) is 10.8. The van der Waals surface area contributed by atoms with Gasteiger partial charge in [-0.25, -0.2) is 8.42 Å². The predicted octanol–water partition coefficient (Wildman–Crippen LogP) is 3.23. The summed E-state index contributed by atoms with van der Waals surface area (Å²) in [4.78, 5) is 12.3. The summed E-state index contributed by atoms with van der Waals surface area (Å²) in [5, 5.41) is 3.09. The number of nitrogens with zero attached hydrogens (tertiary/aromatic N) is 1. The van der Waals surface area contributed by atoms with Crippen LogP contribution in [0.5, 0.6) is 5.75 Å². The van der Waals surface area contributed by atoms with Gasteiger partial charge in [-0.05, 0) is 55.7 Å². The molecule has 0 radical (unpaired) electrons. The van der Waals surface area contributed by atoms with E-state index in [2.05, 4.69) is 5.32 Å². The number of hydrogen-bond donors (Lipinski definition) is 1. The Balaban J connectivity index is 1.97. The Morgan fingerprint density at radius 3 is 2.46 bits per heavy atom. The number of amides is 1. The average molecular weight is 425 g/mol. The fraction of sp³-hybridized carbons (Fsp3) is 0.350. The van der Waals surface area contributed by atoms with Crippen molar-refractivity contribution in [2.45, 2.75) is 20.8 Å². The van der Waals surface area contributed by atoms with Gasteiger partial charge in [0.05, 0.1) is 18.5 Å². The van der Waals surface area contributed by atoms with Gasteiger partial charge in [0.2, 0.25) is 15.9 Å². The zero-order valence-corrected chi connectivity index (χ0v) is 18.0. The Labute approximate surface area is 171 Å². The lowest BCUT2D eigenvalue weighted by Crippen LogP contribution is -2.41. The van der Waals surface area contributed by atoms with Crippen molar-refractivity contribution in [3.05, 3.63) is 58.1 Å². The van der Waals surface area contributed by atoms with E-state index in [0.717, 1.165) is 27.4 Å². The Morgan fingerprint density at radius 2 is 1.79 bits per heavy atom. The first-order valence-corrected chi connectivity index (χ1v) is 11.0. The van der Waals surface area contributed by atoms with Crippen molar-refractivity contribution in [3.63, 3.8) is 0 Å². The van der Waals surface area contributed by atoms with Crippen LogP contribution in [0, 0.1) is 20.8 Å². The van der Waals surface area contributed by atoms with E-state index in [1.807, 2.05) is 32.0 Å². The van der Waals surface area contributed by atoms with Crippen molar-refractivity contribution >= 4 is 33.2 Å². The van der Waals surface area contributed by atoms with Crippen LogP contribution >= 0.6 is 11.6 Å². The summed E-state index contributed by atoms with van der Waals surface area (Å²) in [5.41, 5.74) is 3.19. The third kappa shape index (κ3) is 6.14. The Hall–Kier alpha value is -2.25. The molecule has 0 atom stereocenters. The molecule has 2 rings (SSSR count). The summed E-state index contributed by atoms with van der Waals surface area (Å²) in [6.07, 6.45) is 1.06. The molecule has 0 saturated heterocycles. The third-order valence-corrected chi connectivity index (χ3v) is 5.51. The standard InChI is InChI=1S/C20H25ClN2O4S/c1-14-5-6-16(3)19(11-14)27-10-9-22-20(24)13-23(28(4,25)26)18-12-17(21)8-7-15(18)2/h5-8,11-12H,9-10,13H2,1-4H3,(H,22,24). The minimum absolute atomic E-state index is 0.262. The summed E-state index contributed by atoms with van der Waals surface area (Å²) in [7, 11) is -3.65. The SMILES string of the molecule is Cc1ccc(C)c(OCCNC(=O)CN(c2cc(Cl)ccc2C)S(C)(=O)=O)c1. The van der Waals surface area contributed by atoms with Crippen LogP contribution in [0.25, 0.3) is 0 Å². The highest BCUT2D eigenvalue weighted by Crippen LogP contribution is 2.26. The van der Waals surface area contributed by atoms with Gasteiger partial charge in [-0.3, -0.25) is 9.10 Å². The molecule has 0 aliphatic carbocycles. The molecule has 0 aliphatic heterocycles. The van der Waals surface area contributed by atoms with E-state index in [9.17, 15) is 13.2 Å². The van der Waals surface area contributed by atoms with Crippen LogP contribution < -0.4 is 14.4 Å². The third-order valence-electron chi connectivity index (χ3n) is 4.15. The number of nitrogens with one attached hydrogen (secondary N) is 1. The van der Waals surface area contributed by atoms with Gasteiger partial charge in [0.15, 0.2) is 0 Å². The van der Waals surface area contributed by atoms with Crippen LogP contribution in [-0.2, 0) is 14.8 Å². The monoisotopic (exact) mass is 424 g/mol. The first-order valence-electron chi connectivity index (χ1n) is 8.78. The van der Waals surface area contributed by atoms with Crippen molar-refractivity contribution in [2.75, 3.05) is 30.3 Å². The zero-order chi connectivity index (χ0) is 20.9. The fourth-order valence-electron chi connectivity index (χ4n) is 2.63. The van der Waals surface area contributed by atoms with E-state index in [1.165, 1.54) is 6.07 Å². The van der Waals surface area contributed by atoms with E-state index in [-0.39, 0.29) is 19.7 Å². The van der Waals surface area contributed by atoms with E-state index >= 15 is 0 Å². The van der Waals surface area contributed by atoms with Crippen molar-refractivity contribution in [1.82, 2.24) is 5.32 Å². The maximum Gasteiger partial charge on any atom is 0.240 e. The summed E-state index contributed by atoms with van der Waals surface area (Å²) in [6.45, 7) is 5.91. The highest BCUT2D eigenvalue weighted by atomic mass is 35.5. The molecule has 2 aromatic rings. The number of carbonyl (C=O) groups excluding carboxylic acids is 1. The molecule has 0 unspecified atom stereocenters. The van der Waals surface area contributed by atoms with Crippen molar-refractivity contribution in [1.29, 1.82) is 0 Å². The molecule has 8 heteroatoms. The molecule has 152 valence electrons. The van der Waals surface area contributed by atoms with Crippen LogP contribution in [-0.4, -0.2) is 40.3 Å². The first kappa shape index (κ1) is 22.0. The second-order valence-electron chi connectivity index (χ2n) is 6.67. The van der Waals surface area contributed by atoms with Crippen LogP contribution in [0.15, 0.2) is 36.4 Å². The maximum absolute atomic E-state index is 12.3. The van der Waals surface area contributed by atoms with E-state index in [4.69, 9.17) is 16.3 Å². The van der Waals surface area contributed by atoms with Gasteiger partial charge in [-0.2, -0.15) is 0 Å². The highest BCUT2D eigenvalue weighted by Gasteiger charge is 2.22. The summed E-state index contributed by atoms with van der Waals surface area (Å²) < 4.78 is 31.1. The van der Waals surface area contributed by atoms with E-state index in [0.29, 0.717) is 16.3 Å². The van der Waals surface area contributed by atoms with Crippen molar-refractivity contribution < 1.29 is 17.9 Å². The summed E-state index contributed by atoms with van der Waals surface area (Å²) >= 11 is 5.99.